The summed E-state index contributed by atoms with van der Waals surface area (Å²) in [5.74, 6) is -13.0. The number of likely N-dealkylation sites (N-methyl/N-ethyl adjacent to an activating group) is 1. The largest absolute Gasteiger partial charge is 0.505 e. The van der Waals surface area contributed by atoms with Crippen LogP contribution in [-0.2, 0) is 30.4 Å². The molecule has 14 heteroatoms. The number of carbonyl (C=O) groups is 6. The van der Waals surface area contributed by atoms with E-state index in [0.29, 0.717) is 11.3 Å². The monoisotopic (exact) mass is 677 g/mol. The molecule has 49 heavy (non-hydrogen) atoms. The molecule has 262 valence electrons. The molecule has 0 saturated heterocycles. The predicted molar refractivity (Wildman–Crippen MR) is 178 cm³/mol. The number of phenols is 1. The van der Waals surface area contributed by atoms with Crippen LogP contribution in [-0.4, -0.2) is 108 Å². The lowest BCUT2D eigenvalue weighted by atomic mass is 9.51. The molecule has 0 heterocycles. The number of phenolic OH excluding ortho intramolecular Hbond substituents is 1. The number of nitrogens with zero attached hydrogens (tertiary/aromatic N) is 2. The van der Waals surface area contributed by atoms with Crippen molar-refractivity contribution in [2.45, 2.75) is 50.5 Å². The van der Waals surface area contributed by atoms with E-state index in [-0.39, 0.29) is 35.5 Å². The molecule has 0 bridgehead atoms. The highest BCUT2D eigenvalue weighted by Gasteiger charge is 2.73. The Morgan fingerprint density at radius 1 is 1.04 bits per heavy atom. The number of hydrogen-bond donors (Lipinski definition) is 5. The smallest absolute Gasteiger partial charge is 0.238 e. The normalized spacial score (nSPS) is 28.0. The second kappa shape index (κ2) is 12.7. The molecule has 0 spiro atoms. The van der Waals surface area contributed by atoms with E-state index in [1.54, 1.807) is 49.3 Å². The van der Waals surface area contributed by atoms with Gasteiger partial charge in [0.05, 0.1) is 35.7 Å². The van der Waals surface area contributed by atoms with Gasteiger partial charge in [-0.2, -0.15) is 0 Å². The molecule has 0 radical (unpaired) electrons. The Morgan fingerprint density at radius 2 is 1.67 bits per heavy atom. The number of para-hydroxylation sites is 1. The van der Waals surface area contributed by atoms with Gasteiger partial charge in [-0.25, -0.2) is 0 Å². The summed E-state index contributed by atoms with van der Waals surface area (Å²) in [6.07, 6.45) is -1.34. The first-order chi connectivity index (χ1) is 22.8. The topological polar surface area (TPSA) is 209 Å². The third-order valence-electron chi connectivity index (χ3n) is 9.64. The summed E-state index contributed by atoms with van der Waals surface area (Å²) in [5, 5.41) is 29.5. The quantitative estimate of drug-likeness (QED) is 0.189. The molecule has 14 nitrogen and oxygen atoms in total. The van der Waals surface area contributed by atoms with Crippen LogP contribution in [0.25, 0.3) is 0 Å². The van der Waals surface area contributed by atoms with Crippen molar-refractivity contribution >= 4 is 46.3 Å². The molecule has 5 rings (SSSR count). The molecular weight excluding hydrogens is 634 g/mol. The maximum Gasteiger partial charge on any atom is 0.238 e. The number of amides is 2. The highest BCUT2D eigenvalue weighted by atomic mass is 16.5. The maximum absolute atomic E-state index is 14.6. The lowest BCUT2D eigenvalue weighted by molar-refractivity contribution is -0.193. The minimum Gasteiger partial charge on any atom is -0.505 e. The van der Waals surface area contributed by atoms with E-state index in [1.807, 2.05) is 20.8 Å². The molecule has 2 amide bonds. The van der Waals surface area contributed by atoms with Gasteiger partial charge in [0.2, 0.25) is 11.8 Å². The SMILES string of the molecule is CN(C)c1cc(NC(=O)CNC(C)(C)C)c(O)c2c1C[C@@H]1C(C2=O)C(=O)[C@]2(O)C(=O)C(C(N)=O)C(=O)[C@@H](N(C)C)[C@@H]2[C@H]1Oc1ccccc1. The van der Waals surface area contributed by atoms with Gasteiger partial charge < -0.3 is 36.2 Å². The number of nitrogens with one attached hydrogen (secondary N) is 2. The number of Topliss-reactive ketones (excluding diaryl/α,β-unsaturated/α-hetero) is 4. The number of benzene rings is 2. The van der Waals surface area contributed by atoms with Crippen molar-refractivity contribution in [1.82, 2.24) is 10.2 Å². The number of fused-ring (bicyclic) bond motifs is 3. The molecule has 2 unspecified atom stereocenters. The van der Waals surface area contributed by atoms with Crippen LogP contribution in [0.3, 0.4) is 0 Å². The first-order valence-corrected chi connectivity index (χ1v) is 16.0. The van der Waals surface area contributed by atoms with E-state index in [2.05, 4.69) is 10.6 Å². The summed E-state index contributed by atoms with van der Waals surface area (Å²) in [7, 11) is 6.43. The number of primary amides is 1. The van der Waals surface area contributed by atoms with Crippen molar-refractivity contribution in [3.8, 4) is 11.5 Å². The van der Waals surface area contributed by atoms with Crippen LogP contribution in [0.2, 0.25) is 0 Å². The van der Waals surface area contributed by atoms with Crippen molar-refractivity contribution in [3.05, 3.63) is 47.5 Å². The number of carbonyl (C=O) groups excluding carboxylic acids is 6. The number of nitrogens with two attached hydrogens (primary N) is 1. The Balaban J connectivity index is 1.71. The second-order valence-electron chi connectivity index (χ2n) is 14.5. The number of rotatable bonds is 8. The fraction of sp³-hybridized carbons (Fsp3) is 0.486. The van der Waals surface area contributed by atoms with Crippen molar-refractivity contribution < 1.29 is 43.7 Å². The van der Waals surface area contributed by atoms with Gasteiger partial charge in [0, 0.05) is 31.2 Å². The Morgan fingerprint density at radius 3 is 2.22 bits per heavy atom. The predicted octanol–water partition coefficient (Wildman–Crippen LogP) is 0.317. The molecule has 2 fully saturated rings. The minimum absolute atomic E-state index is 0.0514. The van der Waals surface area contributed by atoms with E-state index >= 15 is 0 Å². The van der Waals surface area contributed by atoms with E-state index in [9.17, 15) is 39.0 Å². The zero-order valence-electron chi connectivity index (χ0n) is 28.6. The van der Waals surface area contributed by atoms with Gasteiger partial charge in [-0.3, -0.25) is 33.7 Å². The number of hydrogen-bond acceptors (Lipinski definition) is 12. The molecule has 2 saturated carbocycles. The minimum atomic E-state index is -3.03. The van der Waals surface area contributed by atoms with Gasteiger partial charge in [-0.05, 0) is 65.0 Å². The zero-order valence-corrected chi connectivity index (χ0v) is 28.6. The summed E-state index contributed by atoms with van der Waals surface area (Å²) in [4.78, 5) is 85.4. The van der Waals surface area contributed by atoms with Crippen molar-refractivity contribution in [2.24, 2.45) is 29.4 Å². The van der Waals surface area contributed by atoms with Gasteiger partial charge >= 0.3 is 0 Å². The average molecular weight is 678 g/mol. The Hall–Kier alpha value is -4.66. The lowest BCUT2D eigenvalue weighted by Gasteiger charge is -2.55. The van der Waals surface area contributed by atoms with Crippen LogP contribution in [0.1, 0.15) is 36.7 Å². The second-order valence-corrected chi connectivity index (χ2v) is 14.5. The van der Waals surface area contributed by atoms with Crippen molar-refractivity contribution in [3.63, 3.8) is 0 Å². The highest BCUT2D eigenvalue weighted by Crippen LogP contribution is 2.53. The van der Waals surface area contributed by atoms with E-state index in [1.165, 1.54) is 25.1 Å². The van der Waals surface area contributed by atoms with E-state index in [4.69, 9.17) is 10.5 Å². The summed E-state index contributed by atoms with van der Waals surface area (Å²) in [5.41, 5.74) is 2.56. The molecule has 3 aliphatic carbocycles. The number of anilines is 2. The van der Waals surface area contributed by atoms with Crippen LogP contribution >= 0.6 is 0 Å². The van der Waals surface area contributed by atoms with Gasteiger partial charge in [0.25, 0.3) is 0 Å². The van der Waals surface area contributed by atoms with Crippen LogP contribution in [0, 0.1) is 23.7 Å². The first-order valence-electron chi connectivity index (χ1n) is 16.0. The Bertz CT molecular complexity index is 1730. The summed E-state index contributed by atoms with van der Waals surface area (Å²) in [6, 6.07) is 8.50. The van der Waals surface area contributed by atoms with Crippen LogP contribution < -0.4 is 26.0 Å². The summed E-state index contributed by atoms with van der Waals surface area (Å²) >= 11 is 0. The fourth-order valence-corrected chi connectivity index (χ4v) is 7.49. The van der Waals surface area contributed by atoms with Gasteiger partial charge in [0.15, 0.2) is 34.7 Å². The highest BCUT2D eigenvalue weighted by molar-refractivity contribution is 6.32. The van der Waals surface area contributed by atoms with E-state index < -0.39 is 82.1 Å². The van der Waals surface area contributed by atoms with Gasteiger partial charge in [0.1, 0.15) is 17.6 Å². The molecule has 7 atom stereocenters. The van der Waals surface area contributed by atoms with Crippen molar-refractivity contribution in [1.29, 1.82) is 0 Å². The molecular formula is C35H43N5O9. The summed E-state index contributed by atoms with van der Waals surface area (Å²) < 4.78 is 6.45. The van der Waals surface area contributed by atoms with Gasteiger partial charge in [-0.1, -0.05) is 18.2 Å². The summed E-state index contributed by atoms with van der Waals surface area (Å²) in [6.45, 7) is 5.54. The number of ether oxygens (including phenoxy) is 1. The van der Waals surface area contributed by atoms with Crippen LogP contribution in [0.15, 0.2) is 36.4 Å². The Labute approximate surface area is 283 Å². The third kappa shape index (κ3) is 5.97. The molecule has 0 aromatic heterocycles. The molecule has 2 aromatic carbocycles. The maximum atomic E-state index is 14.6. The van der Waals surface area contributed by atoms with Crippen LogP contribution in [0.4, 0.5) is 11.4 Å². The number of ketones is 4. The number of aromatic hydroxyl groups is 1. The van der Waals surface area contributed by atoms with Crippen molar-refractivity contribution in [2.75, 3.05) is 45.0 Å². The van der Waals surface area contributed by atoms with Gasteiger partial charge in [-0.15, -0.1) is 0 Å². The first kappa shape index (κ1) is 35.6. The molecule has 6 N–H and O–H groups in total. The third-order valence-corrected chi connectivity index (χ3v) is 9.64. The molecule has 0 aliphatic heterocycles. The fourth-order valence-electron chi connectivity index (χ4n) is 7.49. The average Bonchev–Trinajstić information content (AvgIpc) is 3.00. The lowest BCUT2D eigenvalue weighted by Crippen LogP contribution is -2.78. The molecule has 2 aromatic rings. The Kier molecular flexibility index (Phi) is 9.21. The van der Waals surface area contributed by atoms with E-state index in [0.717, 1.165) is 0 Å². The standard InChI is InChI=1S/C35H43N5O9/c1-34(2,3)37-15-21(41)38-19-14-20(39(4)5)17-13-18-23(28(43)22(17)27(19)42)31(45)35(48)25(30(18)49-16-11-9-8-10-12-16)26(40(6)7)29(44)24(32(35)46)33(36)47/h8-12,14,18,23-26,30,37,42,48H,13,15H2,1-7H3,(H2,36,47)(H,38,41)/t18-,23?,24?,25-,26+,30+,35+/m1/s1. The molecule has 3 aliphatic rings. The van der Waals surface area contributed by atoms with Crippen LogP contribution in [0.5, 0.6) is 11.5 Å². The zero-order chi connectivity index (χ0) is 36.3. The number of aliphatic hydroxyl groups is 1.